The fraction of sp³-hybridized carbons (Fsp3) is 0.125. The van der Waals surface area contributed by atoms with Gasteiger partial charge in [-0.2, -0.15) is 0 Å². The van der Waals surface area contributed by atoms with Crippen molar-refractivity contribution in [3.05, 3.63) is 12.1 Å². The van der Waals surface area contributed by atoms with Gasteiger partial charge in [0.1, 0.15) is 0 Å². The zero-order chi connectivity index (χ0) is 12.5. The number of hydrogen-bond donors (Lipinski definition) is 5. The van der Waals surface area contributed by atoms with Crippen LogP contribution in [0.5, 0.6) is 5.75 Å². The van der Waals surface area contributed by atoms with Crippen molar-refractivity contribution < 1.29 is 24.3 Å². The second-order valence-electron chi connectivity index (χ2n) is 3.16. The van der Waals surface area contributed by atoms with Crippen molar-refractivity contribution >= 4 is 30.2 Å². The van der Waals surface area contributed by atoms with Crippen molar-refractivity contribution in [2.24, 2.45) is 0 Å². The van der Waals surface area contributed by atoms with Gasteiger partial charge in [-0.3, -0.25) is 9.36 Å². The molecule has 1 aromatic rings. The monoisotopic (exact) mass is 246 g/mol. The molecule has 0 heterocycles. The lowest BCUT2D eigenvalue weighted by atomic mass is 10.2. The Balaban J connectivity index is 3.33. The summed E-state index contributed by atoms with van der Waals surface area (Å²) >= 11 is 0. The molecule has 0 atom stereocenters. The molecular weight excluding hydrogens is 235 g/mol. The van der Waals surface area contributed by atoms with E-state index < -0.39 is 19.3 Å². The SMILES string of the molecule is CC(=O)Nc1cc(P(=O)(O)O)cc(N)c1O. The molecule has 0 aliphatic rings. The summed E-state index contributed by atoms with van der Waals surface area (Å²) in [5.74, 6) is -0.912. The van der Waals surface area contributed by atoms with Crippen LogP contribution in [0.1, 0.15) is 6.92 Å². The summed E-state index contributed by atoms with van der Waals surface area (Å²) in [6.45, 7) is 1.19. The van der Waals surface area contributed by atoms with Crippen LogP contribution in [0.2, 0.25) is 0 Å². The van der Waals surface area contributed by atoms with Crippen LogP contribution in [0.3, 0.4) is 0 Å². The Morgan fingerprint density at radius 1 is 1.44 bits per heavy atom. The first-order chi connectivity index (χ1) is 7.21. The maximum Gasteiger partial charge on any atom is 0.356 e. The fourth-order valence-corrected chi connectivity index (χ4v) is 1.70. The summed E-state index contributed by atoms with van der Waals surface area (Å²) in [5, 5.41) is 11.3. The molecule has 8 heteroatoms. The Bertz CT molecular complexity index is 482. The van der Waals surface area contributed by atoms with Gasteiger partial charge >= 0.3 is 7.60 Å². The molecular formula is C8H11N2O5P. The molecule has 0 fully saturated rings. The molecule has 88 valence electrons. The average Bonchev–Trinajstić information content (AvgIpc) is 2.10. The molecule has 0 aliphatic heterocycles. The van der Waals surface area contributed by atoms with Crippen LogP contribution in [0, 0.1) is 0 Å². The van der Waals surface area contributed by atoms with Crippen LogP contribution in [0.25, 0.3) is 0 Å². The van der Waals surface area contributed by atoms with Gasteiger partial charge in [0.15, 0.2) is 5.75 Å². The molecule has 1 rings (SSSR count). The highest BCUT2D eigenvalue weighted by Gasteiger charge is 2.21. The Kier molecular flexibility index (Phi) is 3.23. The van der Waals surface area contributed by atoms with Crippen LogP contribution < -0.4 is 16.4 Å². The Labute approximate surface area is 91.1 Å². The molecule has 0 saturated heterocycles. The van der Waals surface area contributed by atoms with Crippen LogP contribution in [0.4, 0.5) is 11.4 Å². The van der Waals surface area contributed by atoms with E-state index in [0.29, 0.717) is 0 Å². The van der Waals surface area contributed by atoms with Crippen molar-refractivity contribution in [1.82, 2.24) is 0 Å². The smallest absolute Gasteiger partial charge is 0.356 e. The summed E-state index contributed by atoms with van der Waals surface area (Å²) in [7, 11) is -4.48. The van der Waals surface area contributed by atoms with E-state index in [0.717, 1.165) is 12.1 Å². The van der Waals surface area contributed by atoms with E-state index in [1.165, 1.54) is 6.92 Å². The van der Waals surface area contributed by atoms with Gasteiger partial charge in [0, 0.05) is 6.92 Å². The fourth-order valence-electron chi connectivity index (χ4n) is 1.09. The molecule has 0 spiro atoms. The third kappa shape index (κ3) is 2.73. The first kappa shape index (κ1) is 12.5. The van der Waals surface area contributed by atoms with E-state index in [1.54, 1.807) is 0 Å². The van der Waals surface area contributed by atoms with Crippen molar-refractivity contribution in [3.63, 3.8) is 0 Å². The second-order valence-corrected chi connectivity index (χ2v) is 4.76. The van der Waals surface area contributed by atoms with Gasteiger partial charge in [-0.05, 0) is 12.1 Å². The predicted octanol–water partition coefficient (Wildman–Crippen LogP) is -0.264. The molecule has 0 bridgehead atoms. The number of nitrogens with two attached hydrogens (primary N) is 1. The number of anilines is 2. The second kappa shape index (κ2) is 4.13. The quantitative estimate of drug-likeness (QED) is 0.277. The van der Waals surface area contributed by atoms with Crippen LogP contribution in [-0.2, 0) is 9.36 Å². The number of nitrogen functional groups attached to an aromatic ring is 1. The molecule has 0 unspecified atom stereocenters. The van der Waals surface area contributed by atoms with Crippen LogP contribution >= 0.6 is 7.60 Å². The van der Waals surface area contributed by atoms with Gasteiger partial charge in [-0.15, -0.1) is 0 Å². The lowest BCUT2D eigenvalue weighted by Crippen LogP contribution is -2.12. The maximum absolute atomic E-state index is 11.0. The van der Waals surface area contributed by atoms with E-state index >= 15 is 0 Å². The normalized spacial score (nSPS) is 11.2. The van der Waals surface area contributed by atoms with Crippen molar-refractivity contribution in [3.8, 4) is 5.75 Å². The van der Waals surface area contributed by atoms with Gasteiger partial charge in [0.25, 0.3) is 0 Å². The number of aromatic hydroxyl groups is 1. The third-order valence-corrected chi connectivity index (χ3v) is 2.70. The molecule has 1 aromatic carbocycles. The highest BCUT2D eigenvalue weighted by atomic mass is 31.2. The molecule has 6 N–H and O–H groups in total. The number of amides is 1. The number of rotatable bonds is 2. The topological polar surface area (TPSA) is 133 Å². The summed E-state index contributed by atoms with van der Waals surface area (Å²) in [5.41, 5.74) is 5.00. The van der Waals surface area contributed by atoms with E-state index in [2.05, 4.69) is 5.32 Å². The number of phenols is 1. The minimum Gasteiger partial charge on any atom is -0.504 e. The number of carbonyl (C=O) groups is 1. The standard InChI is InChI=1S/C8H11N2O5P/c1-4(11)10-7-3-5(16(13,14)15)2-6(9)8(7)12/h2-3,12H,9H2,1H3,(H,10,11)(H2,13,14,15). The van der Waals surface area contributed by atoms with E-state index in [4.69, 9.17) is 15.5 Å². The molecule has 0 aliphatic carbocycles. The van der Waals surface area contributed by atoms with Gasteiger partial charge in [0.05, 0.1) is 16.7 Å². The number of nitrogens with one attached hydrogen (secondary N) is 1. The van der Waals surface area contributed by atoms with Crippen LogP contribution in [0.15, 0.2) is 12.1 Å². The molecule has 0 radical (unpaired) electrons. The molecule has 0 aromatic heterocycles. The third-order valence-electron chi connectivity index (χ3n) is 1.77. The number of phenolic OH excluding ortho intramolecular Hbond substituents is 1. The van der Waals surface area contributed by atoms with Crippen molar-refractivity contribution in [2.75, 3.05) is 11.1 Å². The van der Waals surface area contributed by atoms with Gasteiger partial charge in [-0.25, -0.2) is 0 Å². The van der Waals surface area contributed by atoms with E-state index in [9.17, 15) is 14.5 Å². The van der Waals surface area contributed by atoms with Gasteiger partial charge < -0.3 is 25.9 Å². The Morgan fingerprint density at radius 2 is 2.00 bits per heavy atom. The maximum atomic E-state index is 11.0. The summed E-state index contributed by atoms with van der Waals surface area (Å²) < 4.78 is 11.0. The van der Waals surface area contributed by atoms with E-state index in [-0.39, 0.29) is 16.7 Å². The summed E-state index contributed by atoms with van der Waals surface area (Å²) in [6.07, 6.45) is 0. The molecule has 0 saturated carbocycles. The number of benzene rings is 1. The summed E-state index contributed by atoms with van der Waals surface area (Å²) in [4.78, 5) is 28.6. The number of carbonyl (C=O) groups excluding carboxylic acids is 1. The average molecular weight is 246 g/mol. The zero-order valence-electron chi connectivity index (χ0n) is 8.34. The largest absolute Gasteiger partial charge is 0.504 e. The van der Waals surface area contributed by atoms with Crippen molar-refractivity contribution in [1.29, 1.82) is 0 Å². The van der Waals surface area contributed by atoms with E-state index in [1.807, 2.05) is 0 Å². The predicted molar refractivity (Wildman–Crippen MR) is 58.5 cm³/mol. The Morgan fingerprint density at radius 3 is 2.44 bits per heavy atom. The molecule has 16 heavy (non-hydrogen) atoms. The Hall–Kier alpha value is -1.56. The minimum absolute atomic E-state index is 0.133. The van der Waals surface area contributed by atoms with Crippen molar-refractivity contribution in [2.45, 2.75) is 6.92 Å². The lowest BCUT2D eigenvalue weighted by molar-refractivity contribution is -0.114. The lowest BCUT2D eigenvalue weighted by Gasteiger charge is -2.11. The molecule has 7 nitrogen and oxygen atoms in total. The van der Waals surface area contributed by atoms with Gasteiger partial charge in [0.2, 0.25) is 5.91 Å². The van der Waals surface area contributed by atoms with Crippen LogP contribution in [-0.4, -0.2) is 20.8 Å². The summed E-state index contributed by atoms with van der Waals surface area (Å²) in [6, 6.07) is 1.94. The highest BCUT2D eigenvalue weighted by Crippen LogP contribution is 2.38. The zero-order valence-corrected chi connectivity index (χ0v) is 9.23. The first-order valence-electron chi connectivity index (χ1n) is 4.18. The van der Waals surface area contributed by atoms with Gasteiger partial charge in [-0.1, -0.05) is 0 Å². The first-order valence-corrected chi connectivity index (χ1v) is 5.79. The number of hydrogen-bond acceptors (Lipinski definition) is 4. The minimum atomic E-state index is -4.48. The highest BCUT2D eigenvalue weighted by molar-refractivity contribution is 7.60. The molecule has 1 amide bonds.